The quantitative estimate of drug-likeness (QED) is 0.554. The first-order chi connectivity index (χ1) is 9.51. The third-order valence-electron chi connectivity index (χ3n) is 3.80. The zero-order valence-electron chi connectivity index (χ0n) is 14.2. The van der Waals surface area contributed by atoms with Gasteiger partial charge >= 0.3 is 5.97 Å². The number of hydrogen-bond donors (Lipinski definition) is 2. The Labute approximate surface area is 127 Å². The molecule has 0 amide bonds. The predicted molar refractivity (Wildman–Crippen MR) is 93.5 cm³/mol. The van der Waals surface area contributed by atoms with E-state index in [0.717, 1.165) is 0 Å². The molecule has 0 rings (SSSR count). The zero-order valence-corrected chi connectivity index (χ0v) is 15.1. The molecular formula is C16H37NO2P. The number of carbonyl (C=O) groups is 1. The summed E-state index contributed by atoms with van der Waals surface area (Å²) < 4.78 is 0. The fraction of sp³-hybridized carbons (Fsp3) is 0.938. The minimum Gasteiger partial charge on any atom is -0.480 e. The first-order valence-corrected chi connectivity index (χ1v) is 10.8. The van der Waals surface area contributed by atoms with Gasteiger partial charge in [0.2, 0.25) is 0 Å². The number of unbranched alkanes of at least 4 members (excludes halogenated alkanes) is 3. The molecule has 1 radical (unpaired) electrons. The van der Waals surface area contributed by atoms with Crippen molar-refractivity contribution in [3.05, 3.63) is 0 Å². The van der Waals surface area contributed by atoms with E-state index in [1.54, 1.807) is 18.5 Å². The van der Waals surface area contributed by atoms with E-state index >= 15 is 0 Å². The lowest BCUT2D eigenvalue weighted by Crippen LogP contribution is -2.11. The van der Waals surface area contributed by atoms with Gasteiger partial charge in [-0.2, -0.15) is 0 Å². The SMILES string of the molecule is CCCC[P](CC)(CCCC)CCCC.NCC(=O)O. The van der Waals surface area contributed by atoms with Gasteiger partial charge in [0.1, 0.15) is 0 Å². The first kappa shape index (κ1) is 22.1. The molecule has 123 valence electrons. The summed E-state index contributed by atoms with van der Waals surface area (Å²) in [5, 5.41) is 7.60. The average Bonchev–Trinajstić information content (AvgIpc) is 2.47. The highest BCUT2D eigenvalue weighted by atomic mass is 31.2. The molecule has 3 N–H and O–H groups in total. The van der Waals surface area contributed by atoms with Crippen molar-refractivity contribution in [1.29, 1.82) is 0 Å². The Morgan fingerprint density at radius 1 is 0.900 bits per heavy atom. The number of hydrogen-bond acceptors (Lipinski definition) is 2. The fourth-order valence-corrected chi connectivity index (χ4v) is 6.87. The van der Waals surface area contributed by atoms with Gasteiger partial charge in [0.25, 0.3) is 0 Å². The molecule has 0 aromatic carbocycles. The number of nitrogens with two attached hydrogens (primary N) is 1. The maximum absolute atomic E-state index is 9.24. The molecule has 0 heterocycles. The number of carboxylic acid groups (broad SMARTS) is 1. The first-order valence-electron chi connectivity index (χ1n) is 8.28. The van der Waals surface area contributed by atoms with E-state index in [-0.39, 0.29) is 6.54 Å². The second-order valence-electron chi connectivity index (χ2n) is 5.49. The van der Waals surface area contributed by atoms with Crippen LogP contribution in [-0.4, -0.2) is 42.3 Å². The molecule has 0 aliphatic heterocycles. The van der Waals surface area contributed by atoms with Crippen molar-refractivity contribution in [1.82, 2.24) is 0 Å². The predicted octanol–water partition coefficient (Wildman–Crippen LogP) is 4.45. The molecule has 0 aromatic rings. The van der Waals surface area contributed by atoms with Gasteiger partial charge in [-0.15, -0.1) is 7.26 Å². The molecule has 0 aliphatic carbocycles. The minimum atomic E-state index is -0.968. The summed E-state index contributed by atoms with van der Waals surface area (Å²) in [4.78, 5) is 9.24. The van der Waals surface area contributed by atoms with E-state index in [1.807, 2.05) is 0 Å². The number of aliphatic carboxylic acids is 1. The molecule has 0 fully saturated rings. The van der Waals surface area contributed by atoms with Crippen molar-refractivity contribution < 1.29 is 9.90 Å². The highest BCUT2D eigenvalue weighted by Gasteiger charge is 2.22. The summed E-state index contributed by atoms with van der Waals surface area (Å²) in [6, 6.07) is 0. The van der Waals surface area contributed by atoms with Crippen molar-refractivity contribution in [3.8, 4) is 0 Å². The van der Waals surface area contributed by atoms with Crippen LogP contribution in [0.25, 0.3) is 0 Å². The van der Waals surface area contributed by atoms with E-state index in [1.165, 1.54) is 44.7 Å². The van der Waals surface area contributed by atoms with Crippen molar-refractivity contribution in [3.63, 3.8) is 0 Å². The van der Waals surface area contributed by atoms with Gasteiger partial charge in [-0.3, -0.25) is 4.79 Å². The largest absolute Gasteiger partial charge is 0.480 e. The Hall–Kier alpha value is -0.140. The van der Waals surface area contributed by atoms with Gasteiger partial charge in [0.15, 0.2) is 0 Å². The maximum Gasteiger partial charge on any atom is 0.317 e. The summed E-state index contributed by atoms with van der Waals surface area (Å²) in [6.07, 6.45) is 14.9. The molecule has 0 bridgehead atoms. The second kappa shape index (κ2) is 15.3. The highest BCUT2D eigenvalue weighted by molar-refractivity contribution is 7.75. The van der Waals surface area contributed by atoms with Gasteiger partial charge in [-0.1, -0.05) is 47.0 Å². The smallest absolute Gasteiger partial charge is 0.317 e. The summed E-state index contributed by atoms with van der Waals surface area (Å²) in [5.41, 5.74) is 4.57. The van der Waals surface area contributed by atoms with Crippen LogP contribution in [0.2, 0.25) is 0 Å². The fourth-order valence-electron chi connectivity index (χ4n) is 2.29. The summed E-state index contributed by atoms with van der Waals surface area (Å²) in [5.74, 6) is -0.968. The topological polar surface area (TPSA) is 63.3 Å². The molecule has 3 nitrogen and oxygen atoms in total. The maximum atomic E-state index is 9.24. The molecule has 0 aromatic heterocycles. The molecule has 0 saturated heterocycles. The van der Waals surface area contributed by atoms with Crippen LogP contribution in [0.1, 0.15) is 66.2 Å². The van der Waals surface area contributed by atoms with Crippen molar-refractivity contribution in [2.75, 3.05) is 31.2 Å². The molecule has 0 atom stereocenters. The summed E-state index contributed by atoms with van der Waals surface area (Å²) >= 11 is 0. The molecule has 0 unspecified atom stereocenters. The zero-order chi connectivity index (χ0) is 15.9. The highest BCUT2D eigenvalue weighted by Crippen LogP contribution is 2.60. The lowest BCUT2D eigenvalue weighted by Gasteiger charge is -2.36. The second-order valence-corrected chi connectivity index (χ2v) is 10.1. The van der Waals surface area contributed by atoms with Gasteiger partial charge in [0.05, 0.1) is 6.54 Å². The van der Waals surface area contributed by atoms with Crippen LogP contribution in [-0.2, 0) is 4.79 Å². The van der Waals surface area contributed by atoms with Crippen molar-refractivity contribution >= 4 is 13.2 Å². The van der Waals surface area contributed by atoms with E-state index in [9.17, 15) is 4.79 Å². The third-order valence-corrected chi connectivity index (χ3v) is 8.94. The summed E-state index contributed by atoms with van der Waals surface area (Å²) in [7, 11) is -0.527. The van der Waals surface area contributed by atoms with Crippen molar-refractivity contribution in [2.24, 2.45) is 5.73 Å². The lowest BCUT2D eigenvalue weighted by atomic mass is 10.4. The van der Waals surface area contributed by atoms with Crippen LogP contribution >= 0.6 is 7.26 Å². The van der Waals surface area contributed by atoms with Crippen LogP contribution in [0.15, 0.2) is 0 Å². The van der Waals surface area contributed by atoms with E-state index < -0.39 is 13.2 Å². The minimum absolute atomic E-state index is 0.278. The van der Waals surface area contributed by atoms with Crippen LogP contribution in [0, 0.1) is 0 Å². The molecule has 0 saturated carbocycles. The van der Waals surface area contributed by atoms with Gasteiger partial charge in [0, 0.05) is 0 Å². The standard InChI is InChI=1S/C14H32P.C2H5NO2/c1-5-9-12-15(8-4,13-10-6-2)14-11-7-3;3-1-2(4)5/h5-14H2,1-4H3;1,3H2,(H,4,5). The lowest BCUT2D eigenvalue weighted by molar-refractivity contribution is -0.135. The Morgan fingerprint density at radius 2 is 1.20 bits per heavy atom. The van der Waals surface area contributed by atoms with Crippen LogP contribution in [0.3, 0.4) is 0 Å². The van der Waals surface area contributed by atoms with Gasteiger partial charge < -0.3 is 10.8 Å². The number of carboxylic acids is 1. The number of rotatable bonds is 11. The van der Waals surface area contributed by atoms with Gasteiger partial charge in [-0.05, 0) is 43.9 Å². The van der Waals surface area contributed by atoms with Crippen molar-refractivity contribution in [2.45, 2.75) is 66.2 Å². The third kappa shape index (κ3) is 12.9. The Balaban J connectivity index is 0. The van der Waals surface area contributed by atoms with E-state index in [2.05, 4.69) is 33.4 Å². The Kier molecular flexibility index (Phi) is 16.9. The molecule has 0 spiro atoms. The van der Waals surface area contributed by atoms with Crippen LogP contribution < -0.4 is 5.73 Å². The molecular weight excluding hydrogens is 269 g/mol. The van der Waals surface area contributed by atoms with E-state index in [4.69, 9.17) is 5.11 Å². The van der Waals surface area contributed by atoms with Crippen LogP contribution in [0.4, 0.5) is 0 Å². The van der Waals surface area contributed by atoms with E-state index in [0.29, 0.717) is 0 Å². The molecule has 20 heavy (non-hydrogen) atoms. The average molecular weight is 306 g/mol. The van der Waals surface area contributed by atoms with Crippen LogP contribution in [0.5, 0.6) is 0 Å². The normalized spacial score (nSPS) is 10.8. The monoisotopic (exact) mass is 306 g/mol. The Bertz CT molecular complexity index is 201. The molecule has 0 aliphatic rings. The molecule has 4 heteroatoms. The Morgan fingerprint density at radius 3 is 1.35 bits per heavy atom. The van der Waals surface area contributed by atoms with Gasteiger partial charge in [-0.25, -0.2) is 0 Å². The summed E-state index contributed by atoms with van der Waals surface area (Å²) in [6.45, 7) is 9.19.